The van der Waals surface area contributed by atoms with Gasteiger partial charge in [0.15, 0.2) is 0 Å². The lowest BCUT2D eigenvalue weighted by Gasteiger charge is -2.23. The Morgan fingerprint density at radius 3 is 2.44 bits per heavy atom. The Kier molecular flexibility index (Phi) is 8.76. The van der Waals surface area contributed by atoms with Gasteiger partial charge in [0.25, 0.3) is 5.91 Å². The fourth-order valence-electron chi connectivity index (χ4n) is 3.19. The first kappa shape index (κ1) is 23.0. The van der Waals surface area contributed by atoms with Gasteiger partial charge in [0.1, 0.15) is 0 Å². The lowest BCUT2D eigenvalue weighted by Crippen LogP contribution is -2.29. The molecule has 6 heteroatoms. The Bertz CT molecular complexity index is 636. The van der Waals surface area contributed by atoms with Crippen LogP contribution in [-0.2, 0) is 9.53 Å². The van der Waals surface area contributed by atoms with E-state index in [1.54, 1.807) is 13.2 Å². The van der Waals surface area contributed by atoms with Crippen molar-refractivity contribution in [3.63, 3.8) is 0 Å². The summed E-state index contributed by atoms with van der Waals surface area (Å²) >= 11 is 0. The first-order valence-corrected chi connectivity index (χ1v) is 9.42. The van der Waals surface area contributed by atoms with Crippen LogP contribution in [0.25, 0.3) is 0 Å². The maximum atomic E-state index is 12.5. The molecule has 2 amide bonds. The summed E-state index contributed by atoms with van der Waals surface area (Å²) in [6.07, 6.45) is 1.44. The molecule has 0 aromatic heterocycles. The van der Waals surface area contributed by atoms with E-state index in [0.717, 1.165) is 12.1 Å². The average Bonchev–Trinajstić information content (AvgIpc) is 2.52. The zero-order valence-corrected chi connectivity index (χ0v) is 17.8. The third kappa shape index (κ3) is 8.43. The molecule has 1 aromatic carbocycles. The second-order valence-electron chi connectivity index (χ2n) is 8.50. The van der Waals surface area contributed by atoms with Crippen LogP contribution in [0.4, 0.5) is 11.4 Å². The third-order valence-electron chi connectivity index (χ3n) is 4.09. The standard InChI is InChI=1S/C21H35N3O3/c1-15(14-21(2,3)4)12-19(25)23-16-8-9-18(24(5)6)17(13-16)20(26)22-10-11-27-7/h8-9,13,15H,10-12,14H2,1-7H3,(H,22,26)(H,23,25). The van der Waals surface area contributed by atoms with E-state index in [9.17, 15) is 9.59 Å². The topological polar surface area (TPSA) is 70.7 Å². The molecule has 2 N–H and O–H groups in total. The summed E-state index contributed by atoms with van der Waals surface area (Å²) in [4.78, 5) is 26.8. The first-order valence-electron chi connectivity index (χ1n) is 9.42. The molecule has 0 aliphatic carbocycles. The van der Waals surface area contributed by atoms with Crippen molar-refractivity contribution in [1.82, 2.24) is 5.32 Å². The molecule has 152 valence electrons. The van der Waals surface area contributed by atoms with Crippen molar-refractivity contribution in [2.75, 3.05) is 44.6 Å². The fourth-order valence-corrected chi connectivity index (χ4v) is 3.19. The molecule has 1 unspecified atom stereocenters. The summed E-state index contributed by atoms with van der Waals surface area (Å²) in [5.41, 5.74) is 2.15. The zero-order chi connectivity index (χ0) is 20.6. The van der Waals surface area contributed by atoms with Crippen molar-refractivity contribution < 1.29 is 14.3 Å². The van der Waals surface area contributed by atoms with Gasteiger partial charge in [0.2, 0.25) is 5.91 Å². The predicted octanol–water partition coefficient (Wildman–Crippen LogP) is 3.53. The van der Waals surface area contributed by atoms with Gasteiger partial charge in [-0.05, 0) is 36.0 Å². The highest BCUT2D eigenvalue weighted by atomic mass is 16.5. The minimum atomic E-state index is -0.187. The molecule has 0 saturated heterocycles. The van der Waals surface area contributed by atoms with Crippen LogP contribution in [0, 0.1) is 11.3 Å². The first-order chi connectivity index (χ1) is 12.5. The molecule has 0 radical (unpaired) electrons. The van der Waals surface area contributed by atoms with Crippen molar-refractivity contribution >= 4 is 23.2 Å². The Morgan fingerprint density at radius 2 is 1.89 bits per heavy atom. The van der Waals surface area contributed by atoms with Crippen LogP contribution < -0.4 is 15.5 Å². The highest BCUT2D eigenvalue weighted by Crippen LogP contribution is 2.27. The van der Waals surface area contributed by atoms with E-state index in [2.05, 4.69) is 38.3 Å². The van der Waals surface area contributed by atoms with Crippen LogP contribution in [0.1, 0.15) is 50.9 Å². The van der Waals surface area contributed by atoms with Gasteiger partial charge in [-0.1, -0.05) is 27.7 Å². The molecule has 0 aliphatic rings. The monoisotopic (exact) mass is 377 g/mol. The van der Waals surface area contributed by atoms with Gasteiger partial charge in [-0.3, -0.25) is 9.59 Å². The van der Waals surface area contributed by atoms with E-state index in [4.69, 9.17) is 4.74 Å². The summed E-state index contributed by atoms with van der Waals surface area (Å²) in [5, 5.41) is 5.76. The Balaban J connectivity index is 2.85. The van der Waals surface area contributed by atoms with Gasteiger partial charge in [-0.2, -0.15) is 0 Å². The predicted molar refractivity (Wildman–Crippen MR) is 111 cm³/mol. The summed E-state index contributed by atoms with van der Waals surface area (Å²) in [7, 11) is 5.36. The highest BCUT2D eigenvalue weighted by Gasteiger charge is 2.19. The Morgan fingerprint density at radius 1 is 1.22 bits per heavy atom. The molecule has 0 spiro atoms. The van der Waals surface area contributed by atoms with Crippen molar-refractivity contribution in [1.29, 1.82) is 0 Å². The molecule has 1 rings (SSSR count). The number of carbonyl (C=O) groups is 2. The average molecular weight is 378 g/mol. The van der Waals surface area contributed by atoms with Crippen LogP contribution in [0.3, 0.4) is 0 Å². The van der Waals surface area contributed by atoms with Crippen LogP contribution in [0.15, 0.2) is 18.2 Å². The number of carbonyl (C=O) groups excluding carboxylic acids is 2. The van der Waals surface area contributed by atoms with Gasteiger partial charge in [-0.15, -0.1) is 0 Å². The van der Waals surface area contributed by atoms with Gasteiger partial charge in [-0.25, -0.2) is 0 Å². The minimum Gasteiger partial charge on any atom is -0.383 e. The number of nitrogens with zero attached hydrogens (tertiary/aromatic N) is 1. The van der Waals surface area contributed by atoms with Gasteiger partial charge in [0, 0.05) is 45.5 Å². The maximum absolute atomic E-state index is 12.5. The molecule has 1 aromatic rings. The van der Waals surface area contributed by atoms with Crippen molar-refractivity contribution in [3.05, 3.63) is 23.8 Å². The van der Waals surface area contributed by atoms with Crippen molar-refractivity contribution in [3.8, 4) is 0 Å². The third-order valence-corrected chi connectivity index (χ3v) is 4.09. The lowest BCUT2D eigenvalue weighted by atomic mass is 9.84. The molecule has 6 nitrogen and oxygen atoms in total. The fraction of sp³-hybridized carbons (Fsp3) is 0.619. The molecular formula is C21H35N3O3. The summed E-state index contributed by atoms with van der Waals surface area (Å²) in [6.45, 7) is 9.50. The molecule has 0 fully saturated rings. The number of ether oxygens (including phenoxy) is 1. The van der Waals surface area contributed by atoms with Crippen molar-refractivity contribution in [2.24, 2.45) is 11.3 Å². The van der Waals surface area contributed by atoms with Gasteiger partial charge >= 0.3 is 0 Å². The molecular weight excluding hydrogens is 342 g/mol. The van der Waals surface area contributed by atoms with E-state index in [1.165, 1.54) is 0 Å². The van der Waals surface area contributed by atoms with E-state index in [1.807, 2.05) is 31.1 Å². The molecule has 27 heavy (non-hydrogen) atoms. The normalized spacial score (nSPS) is 12.4. The smallest absolute Gasteiger partial charge is 0.253 e. The number of nitrogens with one attached hydrogen (secondary N) is 2. The maximum Gasteiger partial charge on any atom is 0.253 e. The number of rotatable bonds is 9. The lowest BCUT2D eigenvalue weighted by molar-refractivity contribution is -0.117. The summed E-state index contributed by atoms with van der Waals surface area (Å²) in [5.74, 6) is 0.0749. The highest BCUT2D eigenvalue weighted by molar-refractivity contribution is 6.02. The quantitative estimate of drug-likeness (QED) is 0.646. The number of benzene rings is 1. The van der Waals surface area contributed by atoms with Gasteiger partial charge in [0.05, 0.1) is 12.2 Å². The van der Waals surface area contributed by atoms with Crippen molar-refractivity contribution in [2.45, 2.75) is 40.5 Å². The molecule has 0 heterocycles. The molecule has 0 saturated carbocycles. The SMILES string of the molecule is COCCNC(=O)c1cc(NC(=O)CC(C)CC(C)(C)C)ccc1N(C)C. The van der Waals surface area contributed by atoms with E-state index < -0.39 is 0 Å². The second kappa shape index (κ2) is 10.3. The van der Waals surface area contributed by atoms with Crippen LogP contribution in [0.5, 0.6) is 0 Å². The largest absolute Gasteiger partial charge is 0.383 e. The van der Waals surface area contributed by atoms with E-state index in [-0.39, 0.29) is 17.2 Å². The molecule has 0 bridgehead atoms. The molecule has 1 atom stereocenters. The Hall–Kier alpha value is -2.08. The number of hydrogen-bond acceptors (Lipinski definition) is 4. The molecule has 0 aliphatic heterocycles. The number of anilines is 2. The van der Waals surface area contributed by atoms with Crippen LogP contribution >= 0.6 is 0 Å². The number of hydrogen-bond donors (Lipinski definition) is 2. The van der Waals surface area contributed by atoms with Crippen LogP contribution in [-0.4, -0.2) is 46.2 Å². The number of methoxy groups -OCH3 is 1. The Labute approximate surface area is 163 Å². The van der Waals surface area contributed by atoms with Gasteiger partial charge < -0.3 is 20.3 Å². The number of amides is 2. The van der Waals surface area contributed by atoms with E-state index >= 15 is 0 Å². The van der Waals surface area contributed by atoms with Crippen LogP contribution in [0.2, 0.25) is 0 Å². The zero-order valence-electron chi connectivity index (χ0n) is 17.8. The van der Waals surface area contributed by atoms with E-state index in [0.29, 0.717) is 36.7 Å². The minimum absolute atomic E-state index is 0.0323. The summed E-state index contributed by atoms with van der Waals surface area (Å²) < 4.78 is 4.97. The second-order valence-corrected chi connectivity index (χ2v) is 8.50. The summed E-state index contributed by atoms with van der Waals surface area (Å²) in [6, 6.07) is 5.40.